The van der Waals surface area contributed by atoms with Crippen molar-refractivity contribution in [2.75, 3.05) is 20.2 Å². The van der Waals surface area contributed by atoms with Gasteiger partial charge in [0.05, 0.1) is 13.2 Å². The van der Waals surface area contributed by atoms with E-state index < -0.39 is 0 Å². The third kappa shape index (κ3) is 5.75. The van der Waals surface area contributed by atoms with Gasteiger partial charge in [0, 0.05) is 24.6 Å². The lowest BCUT2D eigenvalue weighted by Crippen LogP contribution is -2.43. The number of amides is 1. The topological polar surface area (TPSA) is 38.8 Å². The second-order valence-electron chi connectivity index (χ2n) is 10.5. The Balaban J connectivity index is 1.42. The van der Waals surface area contributed by atoms with Crippen molar-refractivity contribution < 1.29 is 14.3 Å². The molecule has 36 heavy (non-hydrogen) atoms. The Kier molecular flexibility index (Phi) is 7.60. The summed E-state index contributed by atoms with van der Waals surface area (Å²) in [6.07, 6.45) is 6.95. The lowest BCUT2D eigenvalue weighted by molar-refractivity contribution is 0.0646. The third-order valence-electron chi connectivity index (χ3n) is 7.71. The van der Waals surface area contributed by atoms with E-state index >= 15 is 0 Å². The van der Waals surface area contributed by atoms with Crippen LogP contribution in [-0.2, 0) is 6.42 Å². The molecule has 188 valence electrons. The molecule has 0 aromatic heterocycles. The first-order valence-corrected chi connectivity index (χ1v) is 13.3. The number of nitrogens with zero attached hydrogens (tertiary/aromatic N) is 1. The summed E-state index contributed by atoms with van der Waals surface area (Å²) in [5.41, 5.74) is 4.60. The molecule has 1 heterocycles. The number of aryl methyl sites for hydroxylation is 1. The maximum atomic E-state index is 13.5. The van der Waals surface area contributed by atoms with E-state index in [-0.39, 0.29) is 17.9 Å². The molecule has 0 radical (unpaired) electrons. The molecule has 1 saturated carbocycles. The van der Waals surface area contributed by atoms with E-state index in [4.69, 9.17) is 9.47 Å². The van der Waals surface area contributed by atoms with Crippen LogP contribution in [0, 0.1) is 12.8 Å². The molecule has 5 rings (SSSR count). The van der Waals surface area contributed by atoms with Crippen molar-refractivity contribution in [3.63, 3.8) is 0 Å². The highest BCUT2D eigenvalue weighted by Crippen LogP contribution is 2.38. The molecule has 1 amide bonds. The minimum Gasteiger partial charge on any atom is -0.493 e. The molecule has 0 bridgehead atoms. The molecule has 0 unspecified atom stereocenters. The lowest BCUT2D eigenvalue weighted by atomic mass is 9.81. The Hall–Kier alpha value is -3.27. The fraction of sp³-hybridized carbons (Fsp3) is 0.406. The fourth-order valence-electron chi connectivity index (χ4n) is 5.92. The van der Waals surface area contributed by atoms with E-state index in [9.17, 15) is 4.79 Å². The molecule has 1 saturated heterocycles. The predicted molar refractivity (Wildman–Crippen MR) is 144 cm³/mol. The minimum atomic E-state index is 0.116. The number of hydrogen-bond donors (Lipinski definition) is 0. The Morgan fingerprint density at radius 2 is 1.72 bits per heavy atom. The van der Waals surface area contributed by atoms with Gasteiger partial charge >= 0.3 is 0 Å². The van der Waals surface area contributed by atoms with Crippen molar-refractivity contribution in [2.24, 2.45) is 5.92 Å². The summed E-state index contributed by atoms with van der Waals surface area (Å²) in [6, 6.07) is 24.8. The van der Waals surface area contributed by atoms with Gasteiger partial charge in [-0.25, -0.2) is 0 Å². The zero-order chi connectivity index (χ0) is 24.9. The summed E-state index contributed by atoms with van der Waals surface area (Å²) in [4.78, 5) is 15.6. The van der Waals surface area contributed by atoms with Crippen LogP contribution in [-0.4, -0.2) is 37.1 Å². The number of piperidine rings is 1. The summed E-state index contributed by atoms with van der Waals surface area (Å²) in [5, 5.41) is 0. The summed E-state index contributed by atoms with van der Waals surface area (Å²) >= 11 is 0. The molecule has 1 aliphatic carbocycles. The van der Waals surface area contributed by atoms with Crippen LogP contribution in [0.4, 0.5) is 0 Å². The summed E-state index contributed by atoms with van der Waals surface area (Å²) in [5.74, 6) is 2.38. The molecule has 1 aliphatic heterocycles. The zero-order valence-electron chi connectivity index (χ0n) is 21.5. The molecule has 2 aliphatic rings. The molecule has 3 aromatic carbocycles. The Morgan fingerprint density at radius 1 is 0.917 bits per heavy atom. The summed E-state index contributed by atoms with van der Waals surface area (Å²) in [6.45, 7) is 3.63. The number of likely N-dealkylation sites (tertiary alicyclic amines) is 1. The summed E-state index contributed by atoms with van der Waals surface area (Å²) in [7, 11) is 1.70. The van der Waals surface area contributed by atoms with Crippen molar-refractivity contribution in [3.8, 4) is 11.5 Å². The van der Waals surface area contributed by atoms with Crippen LogP contribution in [0.3, 0.4) is 0 Å². The number of ether oxygens (including phenoxy) is 2. The van der Waals surface area contributed by atoms with Crippen LogP contribution in [0.2, 0.25) is 0 Å². The Labute approximate surface area is 215 Å². The number of rotatable bonds is 7. The number of carbonyl (C=O) groups excluding carboxylic acids is 1. The number of methoxy groups -OCH3 is 1. The van der Waals surface area contributed by atoms with Crippen molar-refractivity contribution in [1.82, 2.24) is 4.90 Å². The molecule has 4 heteroatoms. The highest BCUT2D eigenvalue weighted by molar-refractivity contribution is 5.94. The van der Waals surface area contributed by atoms with E-state index in [1.807, 2.05) is 36.4 Å². The van der Waals surface area contributed by atoms with Gasteiger partial charge in [-0.15, -0.1) is 0 Å². The van der Waals surface area contributed by atoms with Crippen LogP contribution >= 0.6 is 0 Å². The van der Waals surface area contributed by atoms with Crippen molar-refractivity contribution >= 4 is 5.91 Å². The van der Waals surface area contributed by atoms with E-state index in [0.29, 0.717) is 12.5 Å². The van der Waals surface area contributed by atoms with Crippen LogP contribution in [0.15, 0.2) is 72.8 Å². The number of benzene rings is 3. The Morgan fingerprint density at radius 3 is 2.47 bits per heavy atom. The Bertz CT molecular complexity index is 1170. The molecule has 0 N–H and O–H groups in total. The quantitative estimate of drug-likeness (QED) is 0.370. The molecule has 3 aromatic rings. The molecular weight excluding hydrogens is 446 g/mol. The summed E-state index contributed by atoms with van der Waals surface area (Å²) < 4.78 is 12.0. The second-order valence-corrected chi connectivity index (χ2v) is 10.5. The number of hydrogen-bond acceptors (Lipinski definition) is 3. The van der Waals surface area contributed by atoms with Gasteiger partial charge in [0.25, 0.3) is 5.91 Å². The first kappa shape index (κ1) is 24.4. The normalized spacial score (nSPS) is 20.3. The van der Waals surface area contributed by atoms with Gasteiger partial charge in [-0.3, -0.25) is 4.79 Å². The molecule has 0 spiro atoms. The highest BCUT2D eigenvalue weighted by Gasteiger charge is 2.32. The van der Waals surface area contributed by atoms with Crippen LogP contribution < -0.4 is 9.47 Å². The van der Waals surface area contributed by atoms with Crippen molar-refractivity contribution in [3.05, 3.63) is 95.1 Å². The highest BCUT2D eigenvalue weighted by atomic mass is 16.5. The molecular formula is C32H37NO3. The maximum absolute atomic E-state index is 13.5. The van der Waals surface area contributed by atoms with Gasteiger partial charge in [-0.05, 0) is 86.8 Å². The first-order chi connectivity index (χ1) is 17.6. The SMILES string of the molecule is COc1ccc([C@@H]2C[C@@H](Cc3cccc(C)c3)CN(C(=O)c3ccccc3)C2)cc1OC1CCCC1. The van der Waals surface area contributed by atoms with E-state index in [2.05, 4.69) is 48.2 Å². The maximum Gasteiger partial charge on any atom is 0.253 e. The average molecular weight is 484 g/mol. The predicted octanol–water partition coefficient (Wildman–Crippen LogP) is 6.81. The average Bonchev–Trinajstić information content (AvgIpc) is 3.42. The van der Waals surface area contributed by atoms with E-state index in [0.717, 1.165) is 49.3 Å². The fourth-order valence-corrected chi connectivity index (χ4v) is 5.92. The van der Waals surface area contributed by atoms with Gasteiger partial charge in [0.2, 0.25) is 0 Å². The monoisotopic (exact) mass is 483 g/mol. The van der Waals surface area contributed by atoms with Gasteiger partial charge < -0.3 is 14.4 Å². The molecule has 2 fully saturated rings. The zero-order valence-corrected chi connectivity index (χ0v) is 21.5. The molecule has 2 atom stereocenters. The minimum absolute atomic E-state index is 0.116. The first-order valence-electron chi connectivity index (χ1n) is 13.3. The van der Waals surface area contributed by atoms with Gasteiger partial charge in [0.1, 0.15) is 0 Å². The van der Waals surface area contributed by atoms with Crippen LogP contribution in [0.25, 0.3) is 0 Å². The standard InChI is InChI=1S/C32H37NO3/c1-23-9-8-10-24(17-23)18-25-19-28(22-33(21-25)32(34)26-11-4-3-5-12-26)27-15-16-30(35-2)31(20-27)36-29-13-6-7-14-29/h3-5,8-12,15-17,20,25,28-29H,6-7,13-14,18-19,21-22H2,1-2H3/t25-,28-/m1/s1. The lowest BCUT2D eigenvalue weighted by Gasteiger charge is -2.38. The van der Waals surface area contributed by atoms with Crippen LogP contribution in [0.1, 0.15) is 65.1 Å². The van der Waals surface area contributed by atoms with E-state index in [1.54, 1.807) is 7.11 Å². The number of carbonyl (C=O) groups is 1. The van der Waals surface area contributed by atoms with Crippen molar-refractivity contribution in [1.29, 1.82) is 0 Å². The van der Waals surface area contributed by atoms with Crippen LogP contribution in [0.5, 0.6) is 11.5 Å². The van der Waals surface area contributed by atoms with Gasteiger partial charge in [0.15, 0.2) is 11.5 Å². The molecule has 4 nitrogen and oxygen atoms in total. The third-order valence-corrected chi connectivity index (χ3v) is 7.71. The van der Waals surface area contributed by atoms with Crippen molar-refractivity contribution in [2.45, 2.75) is 57.5 Å². The van der Waals surface area contributed by atoms with Gasteiger partial charge in [-0.2, -0.15) is 0 Å². The van der Waals surface area contributed by atoms with Gasteiger partial charge in [-0.1, -0.05) is 54.1 Å². The smallest absolute Gasteiger partial charge is 0.253 e. The largest absolute Gasteiger partial charge is 0.493 e. The van der Waals surface area contributed by atoms with E-state index in [1.165, 1.54) is 29.5 Å². The second kappa shape index (κ2) is 11.2.